The summed E-state index contributed by atoms with van der Waals surface area (Å²) in [6, 6.07) is 0. The molecule has 4 nitrogen and oxygen atoms in total. The Morgan fingerprint density at radius 3 is 2.67 bits per heavy atom. The van der Waals surface area contributed by atoms with Crippen molar-refractivity contribution in [3.8, 4) is 0 Å². The van der Waals surface area contributed by atoms with E-state index >= 15 is 0 Å². The van der Waals surface area contributed by atoms with E-state index in [-0.39, 0.29) is 6.10 Å². The van der Waals surface area contributed by atoms with E-state index in [9.17, 15) is 0 Å². The highest BCUT2D eigenvalue weighted by Crippen LogP contribution is 2.17. The first-order valence-corrected chi connectivity index (χ1v) is 4.60. The fraction of sp³-hybridized carbons (Fsp3) is 0.714. The minimum absolute atomic E-state index is 0.334. The molecule has 1 heterocycles. The predicted octanol–water partition coefficient (Wildman–Crippen LogP) is 0.664. The number of aromatic nitrogens is 2. The smallest absolute Gasteiger partial charge is 0.208 e. The number of aliphatic hydroxyl groups is 1. The summed E-state index contributed by atoms with van der Waals surface area (Å²) in [5.74, 6) is 0. The van der Waals surface area contributed by atoms with E-state index in [1.54, 1.807) is 6.92 Å². The van der Waals surface area contributed by atoms with Crippen LogP contribution >= 0.6 is 11.3 Å². The van der Waals surface area contributed by atoms with Crippen molar-refractivity contribution in [3.63, 3.8) is 0 Å². The molecule has 0 saturated heterocycles. The number of hydrogen-bond acceptors (Lipinski definition) is 5. The van der Waals surface area contributed by atoms with Gasteiger partial charge in [-0.3, -0.25) is 0 Å². The molecular weight excluding hydrogens is 174 g/mol. The molecule has 1 rings (SSSR count). The molecule has 0 amide bonds. The van der Waals surface area contributed by atoms with Gasteiger partial charge in [0, 0.05) is 13.6 Å². The molecule has 0 spiro atoms. The Morgan fingerprint density at radius 2 is 2.25 bits per heavy atom. The summed E-state index contributed by atoms with van der Waals surface area (Å²) in [5.41, 5.74) is 0. The van der Waals surface area contributed by atoms with Crippen LogP contribution in [0.5, 0.6) is 0 Å². The minimum Gasteiger partial charge on any atom is -0.392 e. The van der Waals surface area contributed by atoms with Gasteiger partial charge in [-0.05, 0) is 13.8 Å². The summed E-state index contributed by atoms with van der Waals surface area (Å²) in [4.78, 5) is 1.90. The molecule has 0 aliphatic heterocycles. The Bertz CT molecular complexity index is 249. The zero-order chi connectivity index (χ0) is 9.14. The molecule has 5 heteroatoms. The van der Waals surface area contributed by atoms with Gasteiger partial charge in [0.15, 0.2) is 0 Å². The lowest BCUT2D eigenvalue weighted by molar-refractivity contribution is 0.201. The van der Waals surface area contributed by atoms with Gasteiger partial charge >= 0.3 is 0 Å². The first-order valence-electron chi connectivity index (χ1n) is 3.79. The Hall–Kier alpha value is -0.680. The van der Waals surface area contributed by atoms with Crippen molar-refractivity contribution in [2.75, 3.05) is 18.5 Å². The van der Waals surface area contributed by atoms with Crippen molar-refractivity contribution in [2.45, 2.75) is 20.0 Å². The molecule has 0 aromatic carbocycles. The van der Waals surface area contributed by atoms with Crippen molar-refractivity contribution >= 4 is 16.5 Å². The van der Waals surface area contributed by atoms with Gasteiger partial charge in [0.05, 0.1) is 6.10 Å². The zero-order valence-corrected chi connectivity index (χ0v) is 8.30. The lowest BCUT2D eigenvalue weighted by atomic mass is 10.4. The maximum Gasteiger partial charge on any atom is 0.208 e. The number of nitrogens with zero attached hydrogens (tertiary/aromatic N) is 3. The zero-order valence-electron chi connectivity index (χ0n) is 7.48. The number of aryl methyl sites for hydroxylation is 1. The molecule has 0 aliphatic carbocycles. The van der Waals surface area contributed by atoms with Gasteiger partial charge in [-0.25, -0.2) is 0 Å². The molecule has 12 heavy (non-hydrogen) atoms. The van der Waals surface area contributed by atoms with Gasteiger partial charge in [-0.15, -0.1) is 10.2 Å². The van der Waals surface area contributed by atoms with Gasteiger partial charge in [0.1, 0.15) is 5.01 Å². The van der Waals surface area contributed by atoms with Crippen LogP contribution in [-0.2, 0) is 0 Å². The average Bonchev–Trinajstić information content (AvgIpc) is 2.34. The van der Waals surface area contributed by atoms with Crippen LogP contribution in [0.25, 0.3) is 0 Å². The molecule has 68 valence electrons. The Morgan fingerprint density at radius 1 is 1.58 bits per heavy atom. The predicted molar refractivity (Wildman–Crippen MR) is 49.6 cm³/mol. The summed E-state index contributed by atoms with van der Waals surface area (Å²) in [6.07, 6.45) is -0.334. The van der Waals surface area contributed by atoms with E-state index in [4.69, 9.17) is 5.11 Å². The third-order valence-electron chi connectivity index (χ3n) is 1.38. The Balaban J connectivity index is 2.58. The highest BCUT2D eigenvalue weighted by Gasteiger charge is 2.08. The standard InChI is InChI=1S/C7H13N3OS/c1-5(11)4-10(3)7-9-8-6(2)12-7/h5,11H,4H2,1-3H3. The maximum atomic E-state index is 9.11. The van der Waals surface area contributed by atoms with E-state index in [1.165, 1.54) is 11.3 Å². The maximum absolute atomic E-state index is 9.11. The van der Waals surface area contributed by atoms with Crippen LogP contribution in [0.1, 0.15) is 11.9 Å². The SMILES string of the molecule is Cc1nnc(N(C)CC(C)O)s1. The molecule has 0 bridgehead atoms. The monoisotopic (exact) mass is 187 g/mol. The average molecular weight is 187 g/mol. The van der Waals surface area contributed by atoms with Crippen molar-refractivity contribution in [1.82, 2.24) is 10.2 Å². The van der Waals surface area contributed by atoms with Crippen LogP contribution < -0.4 is 4.90 Å². The summed E-state index contributed by atoms with van der Waals surface area (Å²) in [5, 5.41) is 18.7. The molecule has 1 aromatic rings. The fourth-order valence-corrected chi connectivity index (χ4v) is 1.57. The van der Waals surface area contributed by atoms with Gasteiger partial charge < -0.3 is 10.0 Å². The molecular formula is C7H13N3OS. The molecule has 1 N–H and O–H groups in total. The van der Waals surface area contributed by atoms with Gasteiger partial charge in [-0.2, -0.15) is 0 Å². The number of aliphatic hydroxyl groups excluding tert-OH is 1. The minimum atomic E-state index is -0.334. The number of hydrogen-bond donors (Lipinski definition) is 1. The number of rotatable bonds is 3. The van der Waals surface area contributed by atoms with Crippen molar-refractivity contribution in [2.24, 2.45) is 0 Å². The first-order chi connectivity index (χ1) is 5.59. The fourth-order valence-electron chi connectivity index (χ4n) is 0.915. The van der Waals surface area contributed by atoms with Crippen LogP contribution in [0.2, 0.25) is 0 Å². The van der Waals surface area contributed by atoms with E-state index in [2.05, 4.69) is 10.2 Å². The van der Waals surface area contributed by atoms with Crippen molar-refractivity contribution in [1.29, 1.82) is 0 Å². The molecule has 1 unspecified atom stereocenters. The van der Waals surface area contributed by atoms with E-state index < -0.39 is 0 Å². The Labute approximate surface area is 75.9 Å². The summed E-state index contributed by atoms with van der Waals surface area (Å²) >= 11 is 1.53. The van der Waals surface area contributed by atoms with E-state index in [1.807, 2.05) is 18.9 Å². The highest BCUT2D eigenvalue weighted by atomic mass is 32.1. The summed E-state index contributed by atoms with van der Waals surface area (Å²) in [6.45, 7) is 4.26. The third-order valence-corrected chi connectivity index (χ3v) is 2.33. The van der Waals surface area contributed by atoms with Crippen LogP contribution in [0.15, 0.2) is 0 Å². The normalized spacial score (nSPS) is 13.0. The van der Waals surface area contributed by atoms with Crippen LogP contribution in [0.3, 0.4) is 0 Å². The highest BCUT2D eigenvalue weighted by molar-refractivity contribution is 7.15. The lowest BCUT2D eigenvalue weighted by Crippen LogP contribution is -2.26. The largest absolute Gasteiger partial charge is 0.392 e. The van der Waals surface area contributed by atoms with Crippen LogP contribution in [0.4, 0.5) is 5.13 Å². The van der Waals surface area contributed by atoms with Gasteiger partial charge in [-0.1, -0.05) is 11.3 Å². The van der Waals surface area contributed by atoms with Crippen LogP contribution in [0, 0.1) is 6.92 Å². The quantitative estimate of drug-likeness (QED) is 0.755. The number of anilines is 1. The third kappa shape index (κ3) is 2.42. The van der Waals surface area contributed by atoms with E-state index in [0.717, 1.165) is 10.1 Å². The second kappa shape index (κ2) is 3.82. The topological polar surface area (TPSA) is 49.2 Å². The second-order valence-electron chi connectivity index (χ2n) is 2.83. The van der Waals surface area contributed by atoms with Crippen LogP contribution in [-0.4, -0.2) is 35.0 Å². The summed E-state index contributed by atoms with van der Waals surface area (Å²) < 4.78 is 0. The van der Waals surface area contributed by atoms with Gasteiger partial charge in [0.2, 0.25) is 5.13 Å². The molecule has 0 saturated carbocycles. The summed E-state index contributed by atoms with van der Waals surface area (Å²) in [7, 11) is 1.90. The van der Waals surface area contributed by atoms with Crippen molar-refractivity contribution < 1.29 is 5.11 Å². The number of likely N-dealkylation sites (N-methyl/N-ethyl adjacent to an activating group) is 1. The lowest BCUT2D eigenvalue weighted by Gasteiger charge is -2.16. The van der Waals surface area contributed by atoms with Crippen molar-refractivity contribution in [3.05, 3.63) is 5.01 Å². The van der Waals surface area contributed by atoms with E-state index in [0.29, 0.717) is 6.54 Å². The molecule has 0 radical (unpaired) electrons. The molecule has 0 fully saturated rings. The van der Waals surface area contributed by atoms with Gasteiger partial charge in [0.25, 0.3) is 0 Å². The molecule has 0 aliphatic rings. The first kappa shape index (κ1) is 9.41. The second-order valence-corrected chi connectivity index (χ2v) is 3.99. The molecule has 1 atom stereocenters. The molecule has 1 aromatic heterocycles. The Kier molecular flexibility index (Phi) is 2.99.